The first-order valence-corrected chi connectivity index (χ1v) is 18.3. The van der Waals surface area contributed by atoms with Crippen molar-refractivity contribution in [2.75, 3.05) is 12.8 Å². The first-order chi connectivity index (χ1) is 22.7. The topological polar surface area (TPSA) is 173 Å². The van der Waals surface area contributed by atoms with E-state index in [-0.39, 0.29) is 37.2 Å². The van der Waals surface area contributed by atoms with Gasteiger partial charge < -0.3 is 25.0 Å². The Labute approximate surface area is 282 Å². The number of amides is 4. The maximum Gasteiger partial charge on any atom is 0.408 e. The summed E-state index contributed by atoms with van der Waals surface area (Å²) in [4.78, 5) is 58.0. The van der Waals surface area contributed by atoms with Gasteiger partial charge in [0.05, 0.1) is 12.8 Å². The minimum atomic E-state index is -3.59. The Balaban J connectivity index is 1.41. The average molecular weight is 686 g/mol. The monoisotopic (exact) mass is 685 g/mol. The predicted molar refractivity (Wildman–Crippen MR) is 180 cm³/mol. The van der Waals surface area contributed by atoms with E-state index in [1.54, 1.807) is 33.0 Å². The van der Waals surface area contributed by atoms with Gasteiger partial charge in [-0.05, 0) is 70.4 Å². The van der Waals surface area contributed by atoms with Crippen LogP contribution in [0.3, 0.4) is 0 Å². The van der Waals surface area contributed by atoms with Crippen LogP contribution in [0.25, 0.3) is 10.8 Å². The fourth-order valence-corrected chi connectivity index (χ4v) is 5.99. The molecule has 2 fully saturated rings. The molecule has 3 atom stereocenters. The third-order valence-corrected chi connectivity index (χ3v) is 8.41. The summed E-state index contributed by atoms with van der Waals surface area (Å²) in [5, 5.41) is 7.57. The SMILES string of the molecule is CC(C)(C)OC(=O)N[C@@H](CCCCC/C=C\CC(=O)NS(C)(=O)=O)C(=O)N1C[C@H](Oc2nccc3ccccc23)C[C@H]1C(=O)NC1CC1. The summed E-state index contributed by atoms with van der Waals surface area (Å²) in [5.74, 6) is -0.793. The Kier molecular flexibility index (Phi) is 12.4. The highest BCUT2D eigenvalue weighted by atomic mass is 32.2. The highest BCUT2D eigenvalue weighted by Gasteiger charge is 2.44. The Morgan fingerprint density at radius 2 is 1.81 bits per heavy atom. The molecule has 1 aromatic carbocycles. The molecule has 1 aromatic heterocycles. The first-order valence-electron chi connectivity index (χ1n) is 16.4. The highest BCUT2D eigenvalue weighted by molar-refractivity contribution is 7.89. The van der Waals surface area contributed by atoms with Crippen molar-refractivity contribution in [1.82, 2.24) is 25.2 Å². The van der Waals surface area contributed by atoms with E-state index in [1.807, 2.05) is 41.1 Å². The van der Waals surface area contributed by atoms with Crippen LogP contribution in [0.2, 0.25) is 0 Å². The summed E-state index contributed by atoms with van der Waals surface area (Å²) in [7, 11) is -3.59. The summed E-state index contributed by atoms with van der Waals surface area (Å²) in [6.07, 6.45) is 9.89. The number of unbranched alkanes of at least 4 members (excludes halogenated alkanes) is 3. The van der Waals surface area contributed by atoms with E-state index in [2.05, 4.69) is 15.6 Å². The molecule has 1 saturated heterocycles. The lowest BCUT2D eigenvalue weighted by Gasteiger charge is -2.29. The molecule has 2 aliphatic rings. The highest BCUT2D eigenvalue weighted by Crippen LogP contribution is 2.29. The molecule has 2 heterocycles. The predicted octanol–water partition coefficient (Wildman–Crippen LogP) is 3.73. The van der Waals surface area contributed by atoms with Gasteiger partial charge in [-0.1, -0.05) is 43.2 Å². The number of fused-ring (bicyclic) bond motifs is 1. The molecule has 2 aromatic rings. The van der Waals surface area contributed by atoms with Gasteiger partial charge in [0.15, 0.2) is 0 Å². The van der Waals surface area contributed by atoms with Crippen LogP contribution in [0, 0.1) is 0 Å². The number of sulfonamides is 1. The van der Waals surface area contributed by atoms with Gasteiger partial charge >= 0.3 is 6.09 Å². The molecule has 1 saturated carbocycles. The van der Waals surface area contributed by atoms with Gasteiger partial charge in [0.1, 0.15) is 23.8 Å². The molecule has 4 rings (SSSR count). The Morgan fingerprint density at radius 1 is 1.06 bits per heavy atom. The zero-order chi connectivity index (χ0) is 34.9. The van der Waals surface area contributed by atoms with Crippen LogP contribution in [-0.4, -0.2) is 84.7 Å². The number of aromatic nitrogens is 1. The molecular weight excluding hydrogens is 638 g/mol. The van der Waals surface area contributed by atoms with Crippen LogP contribution in [0.4, 0.5) is 4.79 Å². The van der Waals surface area contributed by atoms with Gasteiger partial charge in [-0.15, -0.1) is 0 Å². The molecule has 0 spiro atoms. The summed E-state index contributed by atoms with van der Waals surface area (Å²) >= 11 is 0. The van der Waals surface area contributed by atoms with Gasteiger partial charge in [-0.3, -0.25) is 19.1 Å². The maximum absolute atomic E-state index is 14.2. The van der Waals surface area contributed by atoms with Gasteiger partial charge in [0, 0.05) is 30.5 Å². The van der Waals surface area contributed by atoms with E-state index in [0.717, 1.165) is 42.7 Å². The standard InChI is InChI=1S/C34H47N5O8S/c1-34(2,3)47-33(43)37-27(15-9-7-5-6-8-10-16-29(40)38-48(4,44)45)32(42)39-22-25(21-28(39)30(41)36-24-17-18-24)46-31-26-14-12-11-13-23(26)19-20-35-31/h8,10-14,19-20,24-25,27-28H,5-7,9,15-18,21-22H2,1-4H3,(H,36,41)(H,37,43)(H,38,40)/b10-8-/t25-,27+,28+/m1/s1. The van der Waals surface area contributed by atoms with Crippen LogP contribution in [-0.2, 0) is 29.1 Å². The summed E-state index contributed by atoms with van der Waals surface area (Å²) in [6.45, 7) is 5.37. The van der Waals surface area contributed by atoms with E-state index >= 15 is 0 Å². The minimum absolute atomic E-state index is 0.0456. The Bertz CT molecular complexity index is 1600. The first kappa shape index (κ1) is 36.6. The Hall–Kier alpha value is -4.20. The molecule has 3 N–H and O–H groups in total. The number of alkyl carbamates (subject to hydrolysis) is 1. The number of hydrogen-bond donors (Lipinski definition) is 3. The van der Waals surface area contributed by atoms with E-state index < -0.39 is 45.8 Å². The minimum Gasteiger partial charge on any atom is -0.472 e. The normalized spacial score (nSPS) is 18.8. The van der Waals surface area contributed by atoms with E-state index in [4.69, 9.17) is 9.47 Å². The lowest BCUT2D eigenvalue weighted by atomic mass is 10.0. The van der Waals surface area contributed by atoms with Gasteiger partial charge in [0.2, 0.25) is 33.6 Å². The van der Waals surface area contributed by atoms with Gasteiger partial charge in [-0.2, -0.15) is 0 Å². The Morgan fingerprint density at radius 3 is 2.52 bits per heavy atom. The second-order valence-electron chi connectivity index (χ2n) is 13.4. The van der Waals surface area contributed by atoms with Crippen molar-refractivity contribution in [3.05, 3.63) is 48.7 Å². The maximum atomic E-state index is 14.2. The molecule has 0 radical (unpaired) electrons. The molecular formula is C34H47N5O8S. The van der Waals surface area contributed by atoms with Crippen LogP contribution < -0.4 is 20.1 Å². The van der Waals surface area contributed by atoms with Crippen LogP contribution in [0.1, 0.15) is 78.6 Å². The van der Waals surface area contributed by atoms with E-state index in [0.29, 0.717) is 25.1 Å². The fraction of sp³-hybridized carbons (Fsp3) is 0.559. The van der Waals surface area contributed by atoms with Crippen molar-refractivity contribution >= 4 is 44.6 Å². The number of ether oxygens (including phenoxy) is 2. The molecule has 1 aliphatic heterocycles. The molecule has 48 heavy (non-hydrogen) atoms. The van der Waals surface area contributed by atoms with Crippen molar-refractivity contribution < 1.29 is 37.1 Å². The number of benzene rings is 1. The summed E-state index contributed by atoms with van der Waals surface area (Å²) < 4.78 is 36.0. The number of hydrogen-bond acceptors (Lipinski definition) is 9. The zero-order valence-electron chi connectivity index (χ0n) is 28.1. The second-order valence-corrected chi connectivity index (χ2v) is 15.2. The molecule has 1 aliphatic carbocycles. The number of carbonyl (C=O) groups excluding carboxylic acids is 4. The number of allylic oxidation sites excluding steroid dienone is 1. The largest absolute Gasteiger partial charge is 0.472 e. The van der Waals surface area contributed by atoms with Crippen molar-refractivity contribution in [3.63, 3.8) is 0 Å². The number of nitrogens with zero attached hydrogens (tertiary/aromatic N) is 2. The van der Waals surface area contributed by atoms with Gasteiger partial charge in [0.25, 0.3) is 0 Å². The zero-order valence-corrected chi connectivity index (χ0v) is 28.9. The second kappa shape index (κ2) is 16.3. The number of rotatable bonds is 15. The number of carbonyl (C=O) groups is 4. The van der Waals surface area contributed by atoms with Crippen molar-refractivity contribution in [1.29, 1.82) is 0 Å². The van der Waals surface area contributed by atoms with Crippen molar-refractivity contribution in [2.45, 2.75) is 108 Å². The summed E-state index contributed by atoms with van der Waals surface area (Å²) in [5.41, 5.74) is -0.771. The smallest absolute Gasteiger partial charge is 0.408 e. The fourth-order valence-electron chi connectivity index (χ4n) is 5.50. The lowest BCUT2D eigenvalue weighted by Crippen LogP contribution is -2.54. The van der Waals surface area contributed by atoms with E-state index in [9.17, 15) is 27.6 Å². The van der Waals surface area contributed by atoms with E-state index in [1.165, 1.54) is 4.90 Å². The number of nitrogens with one attached hydrogen (secondary N) is 3. The molecule has 13 nitrogen and oxygen atoms in total. The number of likely N-dealkylation sites (tertiary alicyclic amines) is 1. The summed E-state index contributed by atoms with van der Waals surface area (Å²) in [6, 6.07) is 8.00. The molecule has 14 heteroatoms. The molecule has 262 valence electrons. The van der Waals surface area contributed by atoms with Crippen molar-refractivity contribution in [3.8, 4) is 5.88 Å². The van der Waals surface area contributed by atoms with Crippen LogP contribution in [0.5, 0.6) is 5.88 Å². The third-order valence-electron chi connectivity index (χ3n) is 7.81. The number of pyridine rings is 1. The molecule has 4 amide bonds. The van der Waals surface area contributed by atoms with Crippen LogP contribution in [0.15, 0.2) is 48.7 Å². The average Bonchev–Trinajstić information content (AvgIpc) is 3.71. The lowest BCUT2D eigenvalue weighted by molar-refractivity contribution is -0.140. The third kappa shape index (κ3) is 11.8. The van der Waals surface area contributed by atoms with Crippen molar-refractivity contribution in [2.24, 2.45) is 0 Å². The van der Waals surface area contributed by atoms with Crippen LogP contribution >= 0.6 is 0 Å². The molecule has 0 bridgehead atoms. The molecule has 0 unspecified atom stereocenters. The van der Waals surface area contributed by atoms with Gasteiger partial charge in [-0.25, -0.2) is 18.2 Å². The quantitative estimate of drug-likeness (QED) is 0.187.